The number of nitrogens with two attached hydrogens (primary N) is 1. The topological polar surface area (TPSA) is 64.8 Å². The molecule has 0 radical (unpaired) electrons. The number of piperidine rings is 1. The van der Waals surface area contributed by atoms with E-state index in [4.69, 9.17) is 15.2 Å². The Bertz CT molecular complexity index is 545. The maximum absolute atomic E-state index is 12.6. The first kappa shape index (κ1) is 17.4. The van der Waals surface area contributed by atoms with Crippen LogP contribution in [0, 0.1) is 0 Å². The molecule has 0 bridgehead atoms. The Balaban J connectivity index is 2.08. The molecule has 1 aliphatic heterocycles. The van der Waals surface area contributed by atoms with Gasteiger partial charge >= 0.3 is 0 Å². The van der Waals surface area contributed by atoms with Gasteiger partial charge in [0.2, 0.25) is 5.91 Å². The van der Waals surface area contributed by atoms with Crippen molar-refractivity contribution in [2.75, 3.05) is 26.5 Å². The molecule has 2 N–H and O–H groups in total. The van der Waals surface area contributed by atoms with Gasteiger partial charge in [-0.25, -0.2) is 0 Å². The maximum atomic E-state index is 12.6. The number of rotatable bonds is 6. The van der Waals surface area contributed by atoms with Crippen molar-refractivity contribution in [2.45, 2.75) is 51.5 Å². The first-order valence-corrected chi connectivity index (χ1v) is 8.40. The lowest BCUT2D eigenvalue weighted by atomic mass is 9.98. The van der Waals surface area contributed by atoms with Crippen molar-refractivity contribution in [1.82, 2.24) is 4.90 Å². The molecule has 1 fully saturated rings. The summed E-state index contributed by atoms with van der Waals surface area (Å²) in [7, 11) is 3.20. The molecule has 1 unspecified atom stereocenters. The van der Waals surface area contributed by atoms with Gasteiger partial charge in [0.1, 0.15) is 0 Å². The van der Waals surface area contributed by atoms with Crippen molar-refractivity contribution in [1.29, 1.82) is 0 Å². The Kier molecular flexibility index (Phi) is 6.13. The van der Waals surface area contributed by atoms with Crippen molar-refractivity contribution < 1.29 is 14.3 Å². The molecule has 1 saturated heterocycles. The number of hydrogen-bond donors (Lipinski definition) is 1. The molecule has 5 heteroatoms. The molecule has 0 saturated carbocycles. The van der Waals surface area contributed by atoms with Gasteiger partial charge in [-0.3, -0.25) is 4.79 Å². The smallest absolute Gasteiger partial charge is 0.223 e. The number of hydrogen-bond acceptors (Lipinski definition) is 4. The predicted molar refractivity (Wildman–Crippen MR) is 91.9 cm³/mol. The van der Waals surface area contributed by atoms with E-state index in [0.29, 0.717) is 36.1 Å². The number of carbonyl (C=O) groups excluding carboxylic acids is 1. The Hall–Kier alpha value is -1.91. The van der Waals surface area contributed by atoms with Gasteiger partial charge in [0.25, 0.3) is 0 Å². The molecular formula is C18H28N2O3. The van der Waals surface area contributed by atoms with E-state index < -0.39 is 0 Å². The minimum Gasteiger partial charge on any atom is -0.493 e. The number of carbonyl (C=O) groups is 1. The molecule has 1 aromatic carbocycles. The summed E-state index contributed by atoms with van der Waals surface area (Å²) in [5, 5.41) is 0. The fourth-order valence-electron chi connectivity index (χ4n) is 3.39. The second kappa shape index (κ2) is 8.09. The van der Waals surface area contributed by atoms with Crippen molar-refractivity contribution in [3.8, 4) is 11.5 Å². The third-order valence-corrected chi connectivity index (χ3v) is 4.61. The minimum atomic E-state index is 0.222. The zero-order chi connectivity index (χ0) is 16.8. The van der Waals surface area contributed by atoms with Crippen LogP contribution in [0.15, 0.2) is 12.1 Å². The van der Waals surface area contributed by atoms with E-state index in [2.05, 4.69) is 11.8 Å². The molecule has 1 amide bonds. The van der Waals surface area contributed by atoms with Crippen LogP contribution >= 0.6 is 0 Å². The number of nitrogens with zero attached hydrogens (tertiary/aromatic N) is 1. The van der Waals surface area contributed by atoms with E-state index in [1.54, 1.807) is 20.3 Å². The molecule has 128 valence electrons. The van der Waals surface area contributed by atoms with Crippen molar-refractivity contribution in [3.05, 3.63) is 17.7 Å². The van der Waals surface area contributed by atoms with E-state index in [1.165, 1.54) is 6.42 Å². The van der Waals surface area contributed by atoms with Crippen LogP contribution in [0.25, 0.3) is 0 Å². The van der Waals surface area contributed by atoms with Crippen LogP contribution in [-0.4, -0.2) is 37.6 Å². The van der Waals surface area contributed by atoms with Gasteiger partial charge < -0.3 is 20.1 Å². The first-order valence-electron chi connectivity index (χ1n) is 8.40. The zero-order valence-electron chi connectivity index (χ0n) is 14.4. The third-order valence-electron chi connectivity index (χ3n) is 4.61. The van der Waals surface area contributed by atoms with Gasteiger partial charge in [0, 0.05) is 36.3 Å². The molecule has 0 aromatic heterocycles. The van der Waals surface area contributed by atoms with Crippen LogP contribution in [-0.2, 0) is 11.2 Å². The summed E-state index contributed by atoms with van der Waals surface area (Å²) in [6, 6.07) is 4.00. The number of nitrogen functional groups attached to an aromatic ring is 1. The van der Waals surface area contributed by atoms with E-state index >= 15 is 0 Å². The van der Waals surface area contributed by atoms with E-state index in [-0.39, 0.29) is 5.91 Å². The molecule has 1 heterocycles. The number of anilines is 1. The molecule has 0 aliphatic carbocycles. The second-order valence-corrected chi connectivity index (χ2v) is 6.06. The average Bonchev–Trinajstić information content (AvgIpc) is 2.58. The summed E-state index contributed by atoms with van der Waals surface area (Å²) >= 11 is 0. The van der Waals surface area contributed by atoms with Gasteiger partial charge in [0.15, 0.2) is 11.5 Å². The third kappa shape index (κ3) is 4.09. The zero-order valence-corrected chi connectivity index (χ0v) is 14.4. The average molecular weight is 320 g/mol. The summed E-state index contributed by atoms with van der Waals surface area (Å²) in [6.07, 6.45) is 5.56. The molecule has 1 aliphatic rings. The van der Waals surface area contributed by atoms with Crippen LogP contribution in [0.2, 0.25) is 0 Å². The molecular weight excluding hydrogens is 292 g/mol. The highest BCUT2D eigenvalue weighted by atomic mass is 16.5. The lowest BCUT2D eigenvalue weighted by Crippen LogP contribution is -2.43. The molecule has 1 atom stereocenters. The Morgan fingerprint density at radius 2 is 2.09 bits per heavy atom. The number of ether oxygens (including phenoxy) is 2. The molecule has 0 spiro atoms. The molecule has 23 heavy (non-hydrogen) atoms. The van der Waals surface area contributed by atoms with Crippen LogP contribution in [0.4, 0.5) is 5.69 Å². The standard InChI is InChI=1S/C18H28N2O3/c1-4-15-7-5-6-10-20(15)17(21)9-8-13-11-14(19)12-16(22-2)18(13)23-3/h11-12,15H,4-10,19H2,1-3H3. The number of benzene rings is 1. The van der Waals surface area contributed by atoms with E-state index in [9.17, 15) is 4.79 Å². The molecule has 5 nitrogen and oxygen atoms in total. The van der Waals surface area contributed by atoms with Crippen LogP contribution < -0.4 is 15.2 Å². The number of amides is 1. The highest BCUT2D eigenvalue weighted by molar-refractivity contribution is 5.77. The lowest BCUT2D eigenvalue weighted by Gasteiger charge is -2.35. The fraction of sp³-hybridized carbons (Fsp3) is 0.611. The first-order chi connectivity index (χ1) is 11.1. The predicted octanol–water partition coefficient (Wildman–Crippen LogP) is 3.01. The highest BCUT2D eigenvalue weighted by Crippen LogP contribution is 2.34. The number of aryl methyl sites for hydroxylation is 1. The van der Waals surface area contributed by atoms with Crippen molar-refractivity contribution in [3.63, 3.8) is 0 Å². The SMILES string of the molecule is CCC1CCCCN1C(=O)CCc1cc(N)cc(OC)c1OC. The van der Waals surface area contributed by atoms with Gasteiger partial charge in [-0.2, -0.15) is 0 Å². The summed E-state index contributed by atoms with van der Waals surface area (Å²) in [5.74, 6) is 1.50. The summed E-state index contributed by atoms with van der Waals surface area (Å²) < 4.78 is 10.8. The highest BCUT2D eigenvalue weighted by Gasteiger charge is 2.25. The largest absolute Gasteiger partial charge is 0.493 e. The maximum Gasteiger partial charge on any atom is 0.223 e. The Labute approximate surface area is 138 Å². The second-order valence-electron chi connectivity index (χ2n) is 6.06. The van der Waals surface area contributed by atoms with Gasteiger partial charge in [0.05, 0.1) is 14.2 Å². The van der Waals surface area contributed by atoms with Crippen molar-refractivity contribution >= 4 is 11.6 Å². The van der Waals surface area contributed by atoms with Gasteiger partial charge in [-0.1, -0.05) is 6.92 Å². The van der Waals surface area contributed by atoms with Crippen molar-refractivity contribution in [2.24, 2.45) is 0 Å². The van der Waals surface area contributed by atoms with Crippen LogP contribution in [0.5, 0.6) is 11.5 Å². The monoisotopic (exact) mass is 320 g/mol. The summed E-state index contributed by atoms with van der Waals surface area (Å²) in [5.41, 5.74) is 7.46. The summed E-state index contributed by atoms with van der Waals surface area (Å²) in [6.45, 7) is 3.04. The Morgan fingerprint density at radius 3 is 2.74 bits per heavy atom. The Morgan fingerprint density at radius 1 is 1.30 bits per heavy atom. The normalized spacial score (nSPS) is 17.9. The summed E-state index contributed by atoms with van der Waals surface area (Å²) in [4.78, 5) is 14.7. The van der Waals surface area contributed by atoms with E-state index in [0.717, 1.165) is 31.4 Å². The lowest BCUT2D eigenvalue weighted by molar-refractivity contribution is -0.134. The molecule has 1 aromatic rings. The minimum absolute atomic E-state index is 0.222. The molecule has 2 rings (SSSR count). The quantitative estimate of drug-likeness (QED) is 0.818. The van der Waals surface area contributed by atoms with E-state index in [1.807, 2.05) is 6.07 Å². The van der Waals surface area contributed by atoms with Crippen LogP contribution in [0.1, 0.15) is 44.6 Å². The van der Waals surface area contributed by atoms with Gasteiger partial charge in [-0.15, -0.1) is 0 Å². The number of likely N-dealkylation sites (tertiary alicyclic amines) is 1. The van der Waals surface area contributed by atoms with Crippen LogP contribution in [0.3, 0.4) is 0 Å². The van der Waals surface area contributed by atoms with Gasteiger partial charge in [-0.05, 0) is 38.2 Å². The number of methoxy groups -OCH3 is 2. The fourth-order valence-corrected chi connectivity index (χ4v) is 3.39.